The first-order valence-electron chi connectivity index (χ1n) is 8.52. The molecule has 7 nitrogen and oxygen atoms in total. The topological polar surface area (TPSA) is 73.9 Å². The van der Waals surface area contributed by atoms with Crippen LogP contribution < -0.4 is 15.4 Å². The van der Waals surface area contributed by atoms with Gasteiger partial charge in [-0.2, -0.15) is 0 Å². The summed E-state index contributed by atoms with van der Waals surface area (Å²) < 4.78 is 5.47. The summed E-state index contributed by atoms with van der Waals surface area (Å²) in [5, 5.41) is 6.16. The summed E-state index contributed by atoms with van der Waals surface area (Å²) in [4.78, 5) is 27.9. The number of methoxy groups -OCH3 is 1. The highest BCUT2D eigenvalue weighted by molar-refractivity contribution is 5.87. The number of amides is 2. The zero-order chi connectivity index (χ0) is 18.4. The predicted molar refractivity (Wildman–Crippen MR) is 96.5 cm³/mol. The molecule has 2 N–H and O–H groups in total. The molecule has 2 unspecified atom stereocenters. The lowest BCUT2D eigenvalue weighted by molar-refractivity contribution is -0.134. The number of nitrogens with zero attached hydrogens (tertiary/aromatic N) is 2. The molecule has 0 aliphatic carbocycles. The third-order valence-electron chi connectivity index (χ3n) is 4.39. The first-order chi connectivity index (χ1) is 11.9. The lowest BCUT2D eigenvalue weighted by atomic mass is 10.0. The summed E-state index contributed by atoms with van der Waals surface area (Å²) in [6.45, 7) is 4.28. The average Bonchev–Trinajstić information content (AvgIpc) is 2.61. The van der Waals surface area contributed by atoms with Crippen LogP contribution in [0.3, 0.4) is 0 Å². The van der Waals surface area contributed by atoms with Gasteiger partial charge in [0, 0.05) is 39.3 Å². The molecule has 0 bridgehead atoms. The van der Waals surface area contributed by atoms with Crippen LogP contribution in [0.1, 0.15) is 18.5 Å². The summed E-state index contributed by atoms with van der Waals surface area (Å²) in [7, 11) is 5.01. The molecule has 1 saturated heterocycles. The fourth-order valence-electron chi connectivity index (χ4n) is 3.10. The molecular weight excluding hydrogens is 320 g/mol. The highest BCUT2D eigenvalue weighted by Gasteiger charge is 2.28. The lowest BCUT2D eigenvalue weighted by Gasteiger charge is -2.36. The van der Waals surface area contributed by atoms with Crippen LogP contribution in [0.5, 0.6) is 5.75 Å². The molecule has 7 heteroatoms. The Balaban J connectivity index is 2.06. The van der Waals surface area contributed by atoms with E-state index in [4.69, 9.17) is 4.74 Å². The minimum Gasteiger partial charge on any atom is -0.496 e. The van der Waals surface area contributed by atoms with E-state index in [-0.39, 0.29) is 24.4 Å². The molecule has 2 rings (SSSR count). The van der Waals surface area contributed by atoms with Crippen molar-refractivity contribution >= 4 is 11.8 Å². The third-order valence-corrected chi connectivity index (χ3v) is 4.39. The highest BCUT2D eigenvalue weighted by Crippen LogP contribution is 2.29. The zero-order valence-corrected chi connectivity index (χ0v) is 15.4. The summed E-state index contributed by atoms with van der Waals surface area (Å²) in [5.74, 6) is 0.553. The van der Waals surface area contributed by atoms with E-state index >= 15 is 0 Å². The molecule has 1 aromatic carbocycles. The first kappa shape index (κ1) is 19.2. The molecule has 25 heavy (non-hydrogen) atoms. The van der Waals surface area contributed by atoms with E-state index in [1.807, 2.05) is 24.3 Å². The number of piperazine rings is 1. The molecule has 138 valence electrons. The Kier molecular flexibility index (Phi) is 6.78. The molecule has 1 aliphatic rings. The monoisotopic (exact) mass is 348 g/mol. The molecule has 0 aromatic heterocycles. The summed E-state index contributed by atoms with van der Waals surface area (Å²) in [6, 6.07) is 7.39. The number of rotatable bonds is 6. The Morgan fingerprint density at radius 1 is 1.40 bits per heavy atom. The van der Waals surface area contributed by atoms with Gasteiger partial charge in [-0.1, -0.05) is 18.2 Å². The van der Waals surface area contributed by atoms with E-state index < -0.39 is 6.04 Å². The van der Waals surface area contributed by atoms with Crippen molar-refractivity contribution in [3.05, 3.63) is 29.8 Å². The van der Waals surface area contributed by atoms with E-state index in [1.54, 1.807) is 28.1 Å². The standard InChI is InChI=1S/C18H28N4O3/c1-13(18(24)21(2)3)20-17(23)12-22-10-9-19-11-15(22)14-7-5-6-8-16(14)25-4/h5-8,13,15,19H,9-12H2,1-4H3,(H,20,23). The van der Waals surface area contributed by atoms with E-state index in [0.717, 1.165) is 30.9 Å². The number of likely N-dealkylation sites (N-methyl/N-ethyl adjacent to an activating group) is 1. The number of benzene rings is 1. The van der Waals surface area contributed by atoms with Gasteiger partial charge in [0.05, 0.1) is 19.7 Å². The SMILES string of the molecule is COc1ccccc1C1CNCCN1CC(=O)NC(C)C(=O)N(C)C. The number of para-hydroxylation sites is 1. The van der Waals surface area contributed by atoms with Crippen LogP contribution in [0.4, 0.5) is 0 Å². The Morgan fingerprint density at radius 3 is 2.80 bits per heavy atom. The smallest absolute Gasteiger partial charge is 0.244 e. The van der Waals surface area contributed by atoms with Crippen LogP contribution >= 0.6 is 0 Å². The van der Waals surface area contributed by atoms with Gasteiger partial charge in [-0.25, -0.2) is 0 Å². The van der Waals surface area contributed by atoms with Gasteiger partial charge in [-0.3, -0.25) is 14.5 Å². The van der Waals surface area contributed by atoms with E-state index in [9.17, 15) is 9.59 Å². The van der Waals surface area contributed by atoms with Gasteiger partial charge in [-0.15, -0.1) is 0 Å². The van der Waals surface area contributed by atoms with Crippen molar-refractivity contribution in [2.24, 2.45) is 0 Å². The third kappa shape index (κ3) is 4.93. The van der Waals surface area contributed by atoms with Gasteiger partial charge < -0.3 is 20.3 Å². The molecule has 1 fully saturated rings. The Labute approximate surface area is 149 Å². The number of hydrogen-bond acceptors (Lipinski definition) is 5. The summed E-state index contributed by atoms with van der Waals surface area (Å²) >= 11 is 0. The van der Waals surface area contributed by atoms with Crippen LogP contribution in [0.15, 0.2) is 24.3 Å². The van der Waals surface area contributed by atoms with Gasteiger partial charge in [0.1, 0.15) is 11.8 Å². The molecule has 0 saturated carbocycles. The Hall–Kier alpha value is -2.12. The minimum atomic E-state index is -0.532. The lowest BCUT2D eigenvalue weighted by Crippen LogP contribution is -2.52. The highest BCUT2D eigenvalue weighted by atomic mass is 16.5. The van der Waals surface area contributed by atoms with Crippen LogP contribution in [0.2, 0.25) is 0 Å². The quantitative estimate of drug-likeness (QED) is 0.770. The number of ether oxygens (including phenoxy) is 1. The maximum absolute atomic E-state index is 12.4. The van der Waals surface area contributed by atoms with Crippen molar-refractivity contribution in [3.63, 3.8) is 0 Å². The Bertz CT molecular complexity index is 606. The maximum Gasteiger partial charge on any atom is 0.244 e. The normalized spacial score (nSPS) is 19.1. The molecular formula is C18H28N4O3. The number of hydrogen-bond donors (Lipinski definition) is 2. The van der Waals surface area contributed by atoms with Crippen molar-refractivity contribution in [2.75, 3.05) is 47.4 Å². The van der Waals surface area contributed by atoms with Crippen LogP contribution in [-0.2, 0) is 9.59 Å². The fourth-order valence-corrected chi connectivity index (χ4v) is 3.10. The van der Waals surface area contributed by atoms with Gasteiger partial charge in [-0.05, 0) is 13.0 Å². The second-order valence-electron chi connectivity index (χ2n) is 6.45. The number of carbonyl (C=O) groups is 2. The molecule has 2 amide bonds. The molecule has 0 radical (unpaired) electrons. The predicted octanol–water partition coefficient (Wildman–Crippen LogP) is 0.234. The van der Waals surface area contributed by atoms with Crippen molar-refractivity contribution < 1.29 is 14.3 Å². The van der Waals surface area contributed by atoms with Crippen molar-refractivity contribution in [1.29, 1.82) is 0 Å². The van der Waals surface area contributed by atoms with Crippen LogP contribution in [0.25, 0.3) is 0 Å². The Morgan fingerprint density at radius 2 is 2.12 bits per heavy atom. The van der Waals surface area contributed by atoms with Gasteiger partial charge in [0.25, 0.3) is 0 Å². The van der Waals surface area contributed by atoms with Crippen molar-refractivity contribution in [3.8, 4) is 5.75 Å². The minimum absolute atomic E-state index is 0.0514. The molecule has 1 aromatic rings. The largest absolute Gasteiger partial charge is 0.496 e. The maximum atomic E-state index is 12.4. The van der Waals surface area contributed by atoms with Crippen LogP contribution in [-0.4, -0.2) is 75.0 Å². The fraction of sp³-hybridized carbons (Fsp3) is 0.556. The molecule has 2 atom stereocenters. The van der Waals surface area contributed by atoms with Gasteiger partial charge in [0.15, 0.2) is 0 Å². The van der Waals surface area contributed by atoms with Crippen molar-refractivity contribution in [1.82, 2.24) is 20.4 Å². The molecule has 1 aliphatic heterocycles. The molecule has 1 heterocycles. The number of carbonyl (C=O) groups excluding carboxylic acids is 2. The van der Waals surface area contributed by atoms with E-state index in [2.05, 4.69) is 15.5 Å². The summed E-state index contributed by atoms with van der Waals surface area (Å²) in [6.07, 6.45) is 0. The van der Waals surface area contributed by atoms with E-state index in [0.29, 0.717) is 0 Å². The van der Waals surface area contributed by atoms with Gasteiger partial charge >= 0.3 is 0 Å². The first-order valence-corrected chi connectivity index (χ1v) is 8.52. The second kappa shape index (κ2) is 8.82. The molecule has 0 spiro atoms. The second-order valence-corrected chi connectivity index (χ2v) is 6.45. The number of nitrogens with one attached hydrogen (secondary N) is 2. The van der Waals surface area contributed by atoms with Crippen molar-refractivity contribution in [2.45, 2.75) is 19.0 Å². The van der Waals surface area contributed by atoms with Crippen LogP contribution in [0, 0.1) is 0 Å². The van der Waals surface area contributed by atoms with Gasteiger partial charge in [0.2, 0.25) is 11.8 Å². The summed E-state index contributed by atoms with van der Waals surface area (Å²) in [5.41, 5.74) is 1.06. The van der Waals surface area contributed by atoms with E-state index in [1.165, 1.54) is 4.90 Å². The average molecular weight is 348 g/mol. The zero-order valence-electron chi connectivity index (χ0n) is 15.4.